The minimum absolute atomic E-state index is 0.295. The van der Waals surface area contributed by atoms with Crippen molar-refractivity contribution in [2.75, 3.05) is 5.32 Å². The second-order valence-corrected chi connectivity index (χ2v) is 6.48. The molecular weight excluding hydrogens is 422 g/mol. The Kier molecular flexibility index (Phi) is 4.66. The Labute approximate surface area is 152 Å². The number of rotatable bonds is 3. The van der Waals surface area contributed by atoms with Crippen LogP contribution in [0.5, 0.6) is 0 Å². The molecule has 122 valence electrons. The molecule has 1 amide bonds. The van der Waals surface area contributed by atoms with E-state index in [0.717, 1.165) is 17.0 Å². The summed E-state index contributed by atoms with van der Waals surface area (Å²) in [5.74, 6) is 0.613. The summed E-state index contributed by atoms with van der Waals surface area (Å²) < 4.78 is 19.3. The van der Waals surface area contributed by atoms with Gasteiger partial charge in [0, 0.05) is 14.8 Å². The number of aromatic nitrogens is 1. The number of aryl methyl sites for hydroxylation is 2. The van der Waals surface area contributed by atoms with Gasteiger partial charge in [-0.1, -0.05) is 6.07 Å². The maximum atomic E-state index is 13.2. The molecule has 6 heteroatoms. The van der Waals surface area contributed by atoms with Crippen LogP contribution in [-0.4, -0.2) is 10.9 Å². The van der Waals surface area contributed by atoms with Crippen LogP contribution in [0.2, 0.25) is 0 Å². The number of oxazole rings is 1. The lowest BCUT2D eigenvalue weighted by atomic mass is 10.1. The number of hydrogen-bond donors (Lipinski definition) is 1. The first-order chi connectivity index (χ1) is 11.4. The van der Waals surface area contributed by atoms with Crippen molar-refractivity contribution in [3.05, 3.63) is 68.9 Å². The molecular formula is C18H14FIN2O2. The van der Waals surface area contributed by atoms with Crippen molar-refractivity contribution in [3.63, 3.8) is 0 Å². The number of amides is 1. The molecule has 0 spiro atoms. The van der Waals surface area contributed by atoms with Crippen molar-refractivity contribution in [2.24, 2.45) is 0 Å². The van der Waals surface area contributed by atoms with E-state index >= 15 is 0 Å². The number of nitrogens with one attached hydrogen (secondary N) is 1. The fourth-order valence-electron chi connectivity index (χ4n) is 2.20. The van der Waals surface area contributed by atoms with E-state index in [4.69, 9.17) is 4.42 Å². The van der Waals surface area contributed by atoms with Crippen molar-refractivity contribution >= 4 is 34.2 Å². The average molecular weight is 436 g/mol. The highest BCUT2D eigenvalue weighted by Crippen LogP contribution is 2.24. The molecule has 1 N–H and O–H groups in total. The molecule has 0 unspecified atom stereocenters. The first-order valence-electron chi connectivity index (χ1n) is 7.25. The minimum atomic E-state index is -0.368. The van der Waals surface area contributed by atoms with Gasteiger partial charge >= 0.3 is 0 Å². The zero-order chi connectivity index (χ0) is 17.3. The number of carbonyl (C=O) groups is 1. The molecule has 0 aliphatic heterocycles. The second kappa shape index (κ2) is 6.72. The van der Waals surface area contributed by atoms with Crippen LogP contribution >= 0.6 is 22.6 Å². The zero-order valence-corrected chi connectivity index (χ0v) is 15.2. The third-order valence-corrected chi connectivity index (χ3v) is 4.46. The molecule has 24 heavy (non-hydrogen) atoms. The van der Waals surface area contributed by atoms with Gasteiger partial charge < -0.3 is 9.73 Å². The van der Waals surface area contributed by atoms with Crippen LogP contribution in [0.15, 0.2) is 46.9 Å². The third kappa shape index (κ3) is 3.48. The molecule has 0 fully saturated rings. The molecule has 0 bridgehead atoms. The molecule has 0 atom stereocenters. The van der Waals surface area contributed by atoms with E-state index < -0.39 is 0 Å². The fraction of sp³-hybridized carbons (Fsp3) is 0.111. The Morgan fingerprint density at radius 3 is 2.67 bits per heavy atom. The lowest BCUT2D eigenvalue weighted by molar-refractivity contribution is 0.102. The van der Waals surface area contributed by atoms with E-state index in [-0.39, 0.29) is 11.7 Å². The lowest BCUT2D eigenvalue weighted by Gasteiger charge is -2.08. The molecule has 0 saturated carbocycles. The van der Waals surface area contributed by atoms with Crippen LogP contribution in [0.4, 0.5) is 10.1 Å². The van der Waals surface area contributed by atoms with Gasteiger partial charge in [-0.25, -0.2) is 9.37 Å². The molecule has 0 aliphatic carbocycles. The number of benzene rings is 2. The second-order valence-electron chi connectivity index (χ2n) is 5.32. The molecule has 1 aromatic heterocycles. The number of nitrogens with zero attached hydrogens (tertiary/aromatic N) is 1. The highest BCUT2D eigenvalue weighted by Gasteiger charge is 2.13. The smallest absolute Gasteiger partial charge is 0.256 e. The number of hydrogen-bond acceptors (Lipinski definition) is 3. The Hall–Kier alpha value is -2.22. The molecule has 0 saturated heterocycles. The Morgan fingerprint density at radius 1 is 1.21 bits per heavy atom. The summed E-state index contributed by atoms with van der Waals surface area (Å²) in [6.45, 7) is 3.73. The molecule has 0 aliphatic rings. The normalized spacial score (nSPS) is 10.7. The van der Waals surface area contributed by atoms with Crippen LogP contribution in [0.3, 0.4) is 0 Å². The third-order valence-electron chi connectivity index (χ3n) is 3.57. The molecule has 0 radical (unpaired) electrons. The van der Waals surface area contributed by atoms with Crippen molar-refractivity contribution < 1.29 is 13.6 Å². The standard InChI is InChI=1S/C18H14FIN2O2/c1-10-11(2)24-18(21-10)12-4-3-5-14(8-12)22-17(23)15-7-6-13(19)9-16(15)20/h3-9H,1-2H3,(H,22,23). The molecule has 2 aromatic carbocycles. The average Bonchev–Trinajstić information content (AvgIpc) is 2.87. The van der Waals surface area contributed by atoms with Crippen molar-refractivity contribution in [3.8, 4) is 11.5 Å². The van der Waals surface area contributed by atoms with E-state index in [2.05, 4.69) is 10.3 Å². The van der Waals surface area contributed by atoms with E-state index in [1.807, 2.05) is 48.6 Å². The fourth-order valence-corrected chi connectivity index (χ4v) is 2.92. The highest BCUT2D eigenvalue weighted by atomic mass is 127. The topological polar surface area (TPSA) is 55.1 Å². The van der Waals surface area contributed by atoms with Gasteiger partial charge in [0.05, 0.1) is 11.3 Å². The molecule has 4 nitrogen and oxygen atoms in total. The monoisotopic (exact) mass is 436 g/mol. The summed E-state index contributed by atoms with van der Waals surface area (Å²) in [5, 5.41) is 2.81. The Balaban J connectivity index is 1.85. The molecule has 3 aromatic rings. The van der Waals surface area contributed by atoms with E-state index in [9.17, 15) is 9.18 Å². The number of halogens is 2. The van der Waals surface area contributed by atoms with Crippen molar-refractivity contribution in [1.29, 1.82) is 0 Å². The quantitative estimate of drug-likeness (QED) is 0.591. The van der Waals surface area contributed by atoms with Gasteiger partial charge in [-0.3, -0.25) is 4.79 Å². The minimum Gasteiger partial charge on any atom is -0.441 e. The predicted octanol–water partition coefficient (Wildman–Crippen LogP) is 4.95. The Bertz CT molecular complexity index is 902. The number of carbonyl (C=O) groups excluding carboxylic acids is 1. The van der Waals surface area contributed by atoms with Crippen LogP contribution < -0.4 is 5.32 Å². The van der Waals surface area contributed by atoms with Crippen molar-refractivity contribution in [1.82, 2.24) is 4.98 Å². The van der Waals surface area contributed by atoms with Gasteiger partial charge in [-0.15, -0.1) is 0 Å². The van der Waals surface area contributed by atoms with Gasteiger partial charge in [-0.2, -0.15) is 0 Å². The zero-order valence-electron chi connectivity index (χ0n) is 13.1. The van der Waals surface area contributed by atoms with Gasteiger partial charge in [0.15, 0.2) is 0 Å². The summed E-state index contributed by atoms with van der Waals surface area (Å²) >= 11 is 1.94. The van der Waals surface area contributed by atoms with Gasteiger partial charge in [0.1, 0.15) is 11.6 Å². The van der Waals surface area contributed by atoms with Gasteiger partial charge in [0.2, 0.25) is 5.89 Å². The molecule has 3 rings (SSSR count). The molecule has 1 heterocycles. The lowest BCUT2D eigenvalue weighted by Crippen LogP contribution is -2.13. The van der Waals surface area contributed by atoms with E-state index in [1.165, 1.54) is 18.2 Å². The van der Waals surface area contributed by atoms with E-state index in [1.54, 1.807) is 12.1 Å². The largest absolute Gasteiger partial charge is 0.441 e. The Morgan fingerprint density at radius 2 is 2.00 bits per heavy atom. The SMILES string of the molecule is Cc1nc(-c2cccc(NC(=O)c3ccc(F)cc3I)c2)oc1C. The summed E-state index contributed by atoms with van der Waals surface area (Å²) in [4.78, 5) is 16.7. The van der Waals surface area contributed by atoms with Crippen LogP contribution in [0, 0.1) is 23.2 Å². The van der Waals surface area contributed by atoms with Gasteiger partial charge in [0.25, 0.3) is 5.91 Å². The first kappa shape index (κ1) is 16.6. The predicted molar refractivity (Wildman–Crippen MR) is 98.5 cm³/mol. The van der Waals surface area contributed by atoms with Crippen LogP contribution in [-0.2, 0) is 0 Å². The van der Waals surface area contributed by atoms with Crippen LogP contribution in [0.1, 0.15) is 21.8 Å². The maximum Gasteiger partial charge on any atom is 0.256 e. The van der Waals surface area contributed by atoms with Crippen LogP contribution in [0.25, 0.3) is 11.5 Å². The summed E-state index contributed by atoms with van der Waals surface area (Å²) in [7, 11) is 0. The van der Waals surface area contributed by atoms with E-state index in [0.29, 0.717) is 20.7 Å². The van der Waals surface area contributed by atoms with Gasteiger partial charge in [-0.05, 0) is 72.8 Å². The maximum absolute atomic E-state index is 13.2. The highest BCUT2D eigenvalue weighted by molar-refractivity contribution is 14.1. The summed E-state index contributed by atoms with van der Waals surface area (Å²) in [6, 6.07) is 11.3. The summed E-state index contributed by atoms with van der Waals surface area (Å²) in [6.07, 6.45) is 0. The van der Waals surface area contributed by atoms with Crippen molar-refractivity contribution in [2.45, 2.75) is 13.8 Å². The number of anilines is 1. The first-order valence-corrected chi connectivity index (χ1v) is 8.33. The summed E-state index contributed by atoms with van der Waals surface area (Å²) in [5.41, 5.74) is 2.65.